The van der Waals surface area contributed by atoms with Gasteiger partial charge in [-0.3, -0.25) is 4.90 Å². The number of thioether (sulfide) groups is 1. The summed E-state index contributed by atoms with van der Waals surface area (Å²) in [6.45, 7) is 5.39. The van der Waals surface area contributed by atoms with Crippen LogP contribution in [0.5, 0.6) is 0 Å². The molecule has 2 heterocycles. The average molecular weight is 363 g/mol. The van der Waals surface area contributed by atoms with E-state index in [2.05, 4.69) is 27.1 Å². The molecule has 3 rings (SSSR count). The summed E-state index contributed by atoms with van der Waals surface area (Å²) in [5.41, 5.74) is 1.92. The van der Waals surface area contributed by atoms with Crippen LogP contribution in [-0.4, -0.2) is 46.8 Å². The van der Waals surface area contributed by atoms with Crippen LogP contribution in [0, 0.1) is 0 Å². The molecule has 0 unspecified atom stereocenters. The number of rotatable bonds is 6. The SMILES string of the molecule is CCN1CCC[C@@H]1CNc1nc(SC)nc(Cl)c1-c1ccccc1. The van der Waals surface area contributed by atoms with E-state index in [1.54, 1.807) is 0 Å². The smallest absolute Gasteiger partial charge is 0.190 e. The zero-order valence-electron chi connectivity index (χ0n) is 14.1. The number of likely N-dealkylation sites (N-methyl/N-ethyl adjacent to an activating group) is 1. The highest BCUT2D eigenvalue weighted by Gasteiger charge is 2.23. The summed E-state index contributed by atoms with van der Waals surface area (Å²) in [7, 11) is 0. The predicted octanol–water partition coefficient (Wildman–Crippen LogP) is 4.42. The predicted molar refractivity (Wildman–Crippen MR) is 103 cm³/mol. The Kier molecular flexibility index (Phi) is 5.98. The number of benzene rings is 1. The maximum Gasteiger partial charge on any atom is 0.190 e. The minimum Gasteiger partial charge on any atom is -0.368 e. The number of hydrogen-bond donors (Lipinski definition) is 1. The molecular weight excluding hydrogens is 340 g/mol. The Morgan fingerprint density at radius 2 is 2.08 bits per heavy atom. The number of hydrogen-bond acceptors (Lipinski definition) is 5. The average Bonchev–Trinajstić information content (AvgIpc) is 3.07. The van der Waals surface area contributed by atoms with Gasteiger partial charge >= 0.3 is 0 Å². The van der Waals surface area contributed by atoms with Crippen LogP contribution < -0.4 is 5.32 Å². The topological polar surface area (TPSA) is 41.0 Å². The molecule has 1 aromatic carbocycles. The lowest BCUT2D eigenvalue weighted by Crippen LogP contribution is -2.34. The van der Waals surface area contributed by atoms with Gasteiger partial charge in [0, 0.05) is 12.6 Å². The monoisotopic (exact) mass is 362 g/mol. The molecule has 128 valence electrons. The van der Waals surface area contributed by atoms with Gasteiger partial charge in [0.1, 0.15) is 11.0 Å². The quantitative estimate of drug-likeness (QED) is 0.468. The summed E-state index contributed by atoms with van der Waals surface area (Å²) in [6, 6.07) is 10.7. The number of aromatic nitrogens is 2. The van der Waals surface area contributed by atoms with E-state index in [4.69, 9.17) is 11.6 Å². The maximum atomic E-state index is 6.48. The first-order chi connectivity index (χ1) is 11.7. The van der Waals surface area contributed by atoms with E-state index in [-0.39, 0.29) is 0 Å². The van der Waals surface area contributed by atoms with Crippen molar-refractivity contribution in [3.05, 3.63) is 35.5 Å². The van der Waals surface area contributed by atoms with Crippen LogP contribution in [0.4, 0.5) is 5.82 Å². The summed E-state index contributed by atoms with van der Waals surface area (Å²) in [6.07, 6.45) is 4.47. The molecule has 1 aliphatic rings. The normalized spacial score (nSPS) is 18.0. The third-order valence-corrected chi connectivity index (χ3v) is 5.32. The molecule has 1 aromatic heterocycles. The summed E-state index contributed by atoms with van der Waals surface area (Å²) >= 11 is 7.99. The van der Waals surface area contributed by atoms with Gasteiger partial charge in [-0.05, 0) is 37.8 Å². The molecule has 1 fully saturated rings. The van der Waals surface area contributed by atoms with Gasteiger partial charge in [-0.2, -0.15) is 0 Å². The highest BCUT2D eigenvalue weighted by Crippen LogP contribution is 2.34. The fraction of sp³-hybridized carbons (Fsp3) is 0.444. The molecule has 4 nitrogen and oxygen atoms in total. The summed E-state index contributed by atoms with van der Waals surface area (Å²) in [5, 5.41) is 4.74. The minimum atomic E-state index is 0.502. The van der Waals surface area contributed by atoms with Crippen molar-refractivity contribution in [3.63, 3.8) is 0 Å². The third kappa shape index (κ3) is 3.85. The molecule has 1 atom stereocenters. The van der Waals surface area contributed by atoms with Gasteiger partial charge in [-0.15, -0.1) is 0 Å². The molecule has 1 aliphatic heterocycles. The Hall–Kier alpha value is -1.30. The largest absolute Gasteiger partial charge is 0.368 e. The van der Waals surface area contributed by atoms with Crippen LogP contribution in [0.3, 0.4) is 0 Å². The summed E-state index contributed by atoms with van der Waals surface area (Å²) in [4.78, 5) is 11.6. The molecule has 2 aromatic rings. The number of nitrogens with one attached hydrogen (secondary N) is 1. The highest BCUT2D eigenvalue weighted by molar-refractivity contribution is 7.98. The van der Waals surface area contributed by atoms with Crippen molar-refractivity contribution in [1.82, 2.24) is 14.9 Å². The lowest BCUT2D eigenvalue weighted by molar-refractivity contribution is 0.277. The first-order valence-corrected chi connectivity index (χ1v) is 9.98. The second-order valence-corrected chi connectivity index (χ2v) is 7.03. The van der Waals surface area contributed by atoms with Crippen molar-refractivity contribution < 1.29 is 0 Å². The molecule has 0 bridgehead atoms. The van der Waals surface area contributed by atoms with E-state index in [1.807, 2.05) is 36.6 Å². The van der Waals surface area contributed by atoms with Crippen molar-refractivity contribution in [2.45, 2.75) is 31.0 Å². The Labute approximate surface area is 153 Å². The Bertz CT molecular complexity index is 680. The number of halogens is 1. The second kappa shape index (κ2) is 8.19. The summed E-state index contributed by atoms with van der Waals surface area (Å²) < 4.78 is 0. The van der Waals surface area contributed by atoms with Crippen LogP contribution in [0.25, 0.3) is 11.1 Å². The Morgan fingerprint density at radius 3 is 2.79 bits per heavy atom. The van der Waals surface area contributed by atoms with Crippen LogP contribution in [0.2, 0.25) is 5.15 Å². The first-order valence-electron chi connectivity index (χ1n) is 8.37. The fourth-order valence-electron chi connectivity index (χ4n) is 3.25. The van der Waals surface area contributed by atoms with Gasteiger partial charge in [0.2, 0.25) is 0 Å². The maximum absolute atomic E-state index is 6.48. The van der Waals surface area contributed by atoms with E-state index in [0.717, 1.165) is 30.0 Å². The zero-order chi connectivity index (χ0) is 16.9. The van der Waals surface area contributed by atoms with Crippen molar-refractivity contribution in [2.24, 2.45) is 0 Å². The van der Waals surface area contributed by atoms with E-state index < -0.39 is 0 Å². The molecule has 1 saturated heterocycles. The van der Waals surface area contributed by atoms with Crippen LogP contribution >= 0.6 is 23.4 Å². The minimum absolute atomic E-state index is 0.502. The lowest BCUT2D eigenvalue weighted by atomic mass is 10.1. The second-order valence-electron chi connectivity index (χ2n) is 5.90. The molecule has 0 amide bonds. The summed E-state index contributed by atoms with van der Waals surface area (Å²) in [5.74, 6) is 0.827. The zero-order valence-corrected chi connectivity index (χ0v) is 15.7. The van der Waals surface area contributed by atoms with Gasteiger partial charge in [-0.25, -0.2) is 9.97 Å². The molecule has 0 radical (unpaired) electrons. The van der Waals surface area contributed by atoms with Gasteiger partial charge in [0.05, 0.1) is 5.56 Å². The van der Waals surface area contributed by atoms with Gasteiger partial charge < -0.3 is 5.32 Å². The van der Waals surface area contributed by atoms with E-state index in [9.17, 15) is 0 Å². The molecule has 0 saturated carbocycles. The Balaban J connectivity index is 1.89. The van der Waals surface area contributed by atoms with Gasteiger partial charge in [0.25, 0.3) is 0 Å². The molecule has 0 spiro atoms. The molecule has 6 heteroatoms. The third-order valence-electron chi connectivity index (χ3n) is 4.50. The molecular formula is C18H23ClN4S. The van der Waals surface area contributed by atoms with Crippen LogP contribution in [0.1, 0.15) is 19.8 Å². The van der Waals surface area contributed by atoms with Crippen molar-refractivity contribution in [3.8, 4) is 11.1 Å². The van der Waals surface area contributed by atoms with Crippen molar-refractivity contribution in [1.29, 1.82) is 0 Å². The molecule has 24 heavy (non-hydrogen) atoms. The van der Waals surface area contributed by atoms with Gasteiger partial charge in [-0.1, -0.05) is 60.6 Å². The van der Waals surface area contributed by atoms with E-state index in [1.165, 1.54) is 31.1 Å². The lowest BCUT2D eigenvalue weighted by Gasteiger charge is -2.24. The highest BCUT2D eigenvalue weighted by atomic mass is 35.5. The van der Waals surface area contributed by atoms with Crippen molar-refractivity contribution in [2.75, 3.05) is 31.2 Å². The van der Waals surface area contributed by atoms with E-state index in [0.29, 0.717) is 16.4 Å². The number of nitrogens with zero attached hydrogens (tertiary/aromatic N) is 3. The van der Waals surface area contributed by atoms with Crippen molar-refractivity contribution >= 4 is 29.2 Å². The molecule has 0 aliphatic carbocycles. The fourth-order valence-corrected chi connectivity index (χ4v) is 3.95. The molecule has 1 N–H and O–H groups in total. The Morgan fingerprint density at radius 1 is 1.29 bits per heavy atom. The van der Waals surface area contributed by atoms with Crippen LogP contribution in [-0.2, 0) is 0 Å². The number of likely N-dealkylation sites (tertiary alicyclic amines) is 1. The number of anilines is 1. The van der Waals surface area contributed by atoms with Crippen LogP contribution in [0.15, 0.2) is 35.5 Å². The standard InChI is InChI=1S/C18H23ClN4S/c1-3-23-11-7-10-14(23)12-20-17-15(13-8-5-4-6-9-13)16(19)21-18(22-17)24-2/h4-6,8-9,14H,3,7,10-12H2,1-2H3,(H,20,21,22)/t14-/m1/s1. The van der Waals surface area contributed by atoms with E-state index >= 15 is 0 Å². The first kappa shape index (κ1) is 17.5. The van der Waals surface area contributed by atoms with Gasteiger partial charge in [0.15, 0.2) is 5.16 Å².